The Kier molecular flexibility index (Phi) is 5.79. The third-order valence-corrected chi connectivity index (χ3v) is 5.77. The van der Waals surface area contributed by atoms with E-state index in [0.717, 1.165) is 30.1 Å². The molecule has 2 aromatic heterocycles. The Morgan fingerprint density at radius 2 is 2.12 bits per heavy atom. The molecule has 26 heavy (non-hydrogen) atoms. The number of anilines is 1. The number of rotatable bonds is 4. The lowest BCUT2D eigenvalue weighted by atomic mass is 10.1. The molecule has 0 aliphatic carbocycles. The van der Waals surface area contributed by atoms with Gasteiger partial charge in [-0.15, -0.1) is 21.5 Å². The number of amides is 2. The maximum atomic E-state index is 12.1. The van der Waals surface area contributed by atoms with Gasteiger partial charge in [-0.25, -0.2) is 4.79 Å². The molecular formula is C18H24ClN5OS. The highest BCUT2D eigenvalue weighted by molar-refractivity contribution is 7.19. The van der Waals surface area contributed by atoms with Crippen LogP contribution in [0.4, 0.5) is 10.6 Å². The van der Waals surface area contributed by atoms with E-state index in [4.69, 9.17) is 11.6 Å². The van der Waals surface area contributed by atoms with Crippen LogP contribution < -0.4 is 10.6 Å². The van der Waals surface area contributed by atoms with Crippen molar-refractivity contribution in [3.8, 4) is 10.6 Å². The van der Waals surface area contributed by atoms with Gasteiger partial charge in [-0.05, 0) is 63.9 Å². The van der Waals surface area contributed by atoms with Crippen molar-refractivity contribution in [3.63, 3.8) is 0 Å². The van der Waals surface area contributed by atoms with Crippen molar-refractivity contribution in [2.45, 2.75) is 32.7 Å². The average Bonchev–Trinajstić information content (AvgIpc) is 3.22. The maximum absolute atomic E-state index is 12.1. The SMILES string of the molecule is CC(C)(C)N1CCC(CNC(=O)Nc2ccc(-c3ccc(Cl)s3)nn2)C1. The molecule has 140 valence electrons. The summed E-state index contributed by atoms with van der Waals surface area (Å²) in [6, 6.07) is 7.04. The number of aromatic nitrogens is 2. The summed E-state index contributed by atoms with van der Waals surface area (Å²) in [5.41, 5.74) is 0.919. The number of likely N-dealkylation sites (tertiary alicyclic amines) is 1. The topological polar surface area (TPSA) is 70.2 Å². The van der Waals surface area contributed by atoms with E-state index in [2.05, 4.69) is 46.5 Å². The first-order valence-electron chi connectivity index (χ1n) is 8.70. The summed E-state index contributed by atoms with van der Waals surface area (Å²) < 4.78 is 0.709. The molecule has 1 fully saturated rings. The van der Waals surface area contributed by atoms with Gasteiger partial charge in [0.2, 0.25) is 0 Å². The van der Waals surface area contributed by atoms with Crippen LogP contribution in [0, 0.1) is 5.92 Å². The fourth-order valence-corrected chi connectivity index (χ4v) is 4.00. The van der Waals surface area contributed by atoms with E-state index in [1.165, 1.54) is 11.3 Å². The summed E-state index contributed by atoms with van der Waals surface area (Å²) in [7, 11) is 0. The monoisotopic (exact) mass is 393 g/mol. The highest BCUT2D eigenvalue weighted by Crippen LogP contribution is 2.29. The fraction of sp³-hybridized carbons (Fsp3) is 0.500. The molecular weight excluding hydrogens is 370 g/mol. The summed E-state index contributed by atoms with van der Waals surface area (Å²) in [4.78, 5) is 15.5. The summed E-state index contributed by atoms with van der Waals surface area (Å²) in [6.45, 7) is 9.43. The zero-order valence-electron chi connectivity index (χ0n) is 15.3. The van der Waals surface area contributed by atoms with E-state index in [-0.39, 0.29) is 11.6 Å². The molecule has 1 saturated heterocycles. The predicted octanol–water partition coefficient (Wildman–Crippen LogP) is 4.10. The standard InChI is InChI=1S/C18H24ClN5OS/c1-18(2,3)24-9-8-12(11-24)10-20-17(25)21-16-7-4-13(22-23-16)14-5-6-15(19)26-14/h4-7,12H,8-11H2,1-3H3,(H2,20,21,23,25). The molecule has 8 heteroatoms. The van der Waals surface area contributed by atoms with Crippen molar-refractivity contribution >= 4 is 34.8 Å². The Morgan fingerprint density at radius 1 is 1.31 bits per heavy atom. The van der Waals surface area contributed by atoms with E-state index in [1.54, 1.807) is 6.07 Å². The van der Waals surface area contributed by atoms with E-state index >= 15 is 0 Å². The molecule has 1 unspecified atom stereocenters. The van der Waals surface area contributed by atoms with E-state index in [0.29, 0.717) is 22.6 Å². The van der Waals surface area contributed by atoms with Crippen molar-refractivity contribution in [3.05, 3.63) is 28.6 Å². The van der Waals surface area contributed by atoms with Crippen molar-refractivity contribution < 1.29 is 4.79 Å². The van der Waals surface area contributed by atoms with Gasteiger partial charge in [-0.1, -0.05) is 11.6 Å². The molecule has 0 spiro atoms. The van der Waals surface area contributed by atoms with Crippen LogP contribution in [0.5, 0.6) is 0 Å². The number of hydrogen-bond acceptors (Lipinski definition) is 5. The van der Waals surface area contributed by atoms with Crippen molar-refractivity contribution in [1.29, 1.82) is 0 Å². The second kappa shape index (κ2) is 7.90. The minimum atomic E-state index is -0.250. The largest absolute Gasteiger partial charge is 0.338 e. The third-order valence-electron chi connectivity index (χ3n) is 4.52. The quantitative estimate of drug-likeness (QED) is 0.820. The number of thiophene rings is 1. The fourth-order valence-electron chi connectivity index (χ4n) is 2.99. The van der Waals surface area contributed by atoms with Gasteiger partial charge >= 0.3 is 6.03 Å². The maximum Gasteiger partial charge on any atom is 0.320 e. The summed E-state index contributed by atoms with van der Waals surface area (Å²) in [5.74, 6) is 0.911. The molecule has 0 radical (unpaired) electrons. The highest BCUT2D eigenvalue weighted by Gasteiger charge is 2.30. The van der Waals surface area contributed by atoms with Crippen molar-refractivity contribution in [2.75, 3.05) is 25.0 Å². The molecule has 3 heterocycles. The molecule has 3 rings (SSSR count). The van der Waals surface area contributed by atoms with Crippen molar-refractivity contribution in [2.24, 2.45) is 5.92 Å². The van der Waals surface area contributed by atoms with Gasteiger partial charge in [0.05, 0.1) is 9.21 Å². The number of hydrogen-bond donors (Lipinski definition) is 2. The van der Waals surface area contributed by atoms with E-state index in [1.807, 2.05) is 18.2 Å². The number of nitrogens with zero attached hydrogens (tertiary/aromatic N) is 3. The Bertz CT molecular complexity index is 756. The lowest BCUT2D eigenvalue weighted by Crippen LogP contribution is -2.40. The second-order valence-electron chi connectivity index (χ2n) is 7.51. The van der Waals surface area contributed by atoms with Gasteiger partial charge in [-0.2, -0.15) is 0 Å². The number of nitrogens with one attached hydrogen (secondary N) is 2. The Morgan fingerprint density at radius 3 is 2.69 bits per heavy atom. The molecule has 1 aliphatic heterocycles. The van der Waals surface area contributed by atoms with Crippen LogP contribution in [0.25, 0.3) is 10.6 Å². The van der Waals surface area contributed by atoms with Crippen LogP contribution in [0.15, 0.2) is 24.3 Å². The summed E-state index contributed by atoms with van der Waals surface area (Å²) in [6.07, 6.45) is 1.11. The Balaban J connectivity index is 1.46. The lowest BCUT2D eigenvalue weighted by molar-refractivity contribution is 0.168. The first-order chi connectivity index (χ1) is 12.3. The first kappa shape index (κ1) is 19.1. The zero-order chi connectivity index (χ0) is 18.7. The molecule has 1 aliphatic rings. The van der Waals surface area contributed by atoms with Crippen LogP contribution in [-0.2, 0) is 0 Å². The summed E-state index contributed by atoms with van der Waals surface area (Å²) in [5, 5.41) is 13.9. The van der Waals surface area contributed by atoms with Crippen molar-refractivity contribution in [1.82, 2.24) is 20.4 Å². The molecule has 0 saturated carbocycles. The highest BCUT2D eigenvalue weighted by atomic mass is 35.5. The van der Waals surface area contributed by atoms with Gasteiger partial charge in [-0.3, -0.25) is 10.2 Å². The van der Waals surface area contributed by atoms with Crippen LogP contribution in [0.3, 0.4) is 0 Å². The van der Waals surface area contributed by atoms with Crippen LogP contribution in [-0.4, -0.2) is 46.3 Å². The van der Waals surface area contributed by atoms with Gasteiger partial charge < -0.3 is 5.32 Å². The van der Waals surface area contributed by atoms with E-state index < -0.39 is 0 Å². The average molecular weight is 394 g/mol. The molecule has 0 bridgehead atoms. The predicted molar refractivity (Wildman–Crippen MR) is 107 cm³/mol. The number of halogens is 1. The van der Waals surface area contributed by atoms with Gasteiger partial charge in [0, 0.05) is 18.6 Å². The van der Waals surface area contributed by atoms with E-state index in [9.17, 15) is 4.79 Å². The minimum Gasteiger partial charge on any atom is -0.338 e. The minimum absolute atomic E-state index is 0.182. The molecule has 1 atom stereocenters. The number of carbonyl (C=O) groups is 1. The zero-order valence-corrected chi connectivity index (χ0v) is 16.8. The van der Waals surface area contributed by atoms with Crippen LogP contribution in [0.2, 0.25) is 4.34 Å². The van der Waals surface area contributed by atoms with Gasteiger partial charge in [0.25, 0.3) is 0 Å². The number of carbonyl (C=O) groups excluding carboxylic acids is 1. The molecule has 0 aromatic carbocycles. The molecule has 2 amide bonds. The van der Waals surface area contributed by atoms with Crippen LogP contribution in [0.1, 0.15) is 27.2 Å². The Hall–Kier alpha value is -1.70. The third kappa shape index (κ3) is 4.93. The molecule has 2 aromatic rings. The van der Waals surface area contributed by atoms with Gasteiger partial charge in [0.15, 0.2) is 5.82 Å². The Labute approximate surface area is 163 Å². The van der Waals surface area contributed by atoms with Crippen LogP contribution >= 0.6 is 22.9 Å². The van der Waals surface area contributed by atoms with Gasteiger partial charge in [0.1, 0.15) is 5.69 Å². The molecule has 6 nitrogen and oxygen atoms in total. The molecule has 2 N–H and O–H groups in total. The second-order valence-corrected chi connectivity index (χ2v) is 9.23. The smallest absolute Gasteiger partial charge is 0.320 e. The summed E-state index contributed by atoms with van der Waals surface area (Å²) >= 11 is 7.38. The number of urea groups is 1. The first-order valence-corrected chi connectivity index (χ1v) is 9.90. The lowest BCUT2D eigenvalue weighted by Gasteiger charge is -2.31. The normalized spacial score (nSPS) is 18.1.